The molecule has 1 aromatic heterocycles. The summed E-state index contributed by atoms with van der Waals surface area (Å²) in [6, 6.07) is 17.5. The summed E-state index contributed by atoms with van der Waals surface area (Å²) < 4.78 is 5.77. The number of aromatic nitrogens is 1. The maximum Gasteiger partial charge on any atom is 0.269 e. The lowest BCUT2D eigenvalue weighted by Gasteiger charge is -2.08. The van der Waals surface area contributed by atoms with Crippen LogP contribution in [0.3, 0.4) is 0 Å². The molecule has 30 heavy (non-hydrogen) atoms. The number of carbonyl (C=O) groups is 2. The van der Waals surface area contributed by atoms with E-state index in [1.165, 1.54) is 24.9 Å². The first-order chi connectivity index (χ1) is 14.5. The topological polar surface area (TPSA) is 80.3 Å². The Labute approximate surface area is 175 Å². The maximum absolute atomic E-state index is 12.3. The molecule has 1 atom stereocenters. The Morgan fingerprint density at radius 2 is 1.80 bits per heavy atom. The van der Waals surface area contributed by atoms with Crippen LogP contribution in [0.1, 0.15) is 38.9 Å². The van der Waals surface area contributed by atoms with E-state index in [4.69, 9.17) is 4.74 Å². The van der Waals surface area contributed by atoms with Gasteiger partial charge in [-0.15, -0.1) is 0 Å². The fraction of sp³-hybridized carbons (Fsp3) is 0.208. The van der Waals surface area contributed by atoms with Crippen molar-refractivity contribution < 1.29 is 14.3 Å². The molecule has 1 unspecified atom stereocenters. The van der Waals surface area contributed by atoms with E-state index in [0.717, 1.165) is 28.9 Å². The van der Waals surface area contributed by atoms with Crippen LogP contribution >= 0.6 is 0 Å². The summed E-state index contributed by atoms with van der Waals surface area (Å²) in [6.45, 7) is 2.49. The second kappa shape index (κ2) is 8.37. The van der Waals surface area contributed by atoms with Crippen LogP contribution in [0, 0.1) is 0 Å². The molecule has 152 valence electrons. The number of hydrogen-bond acceptors (Lipinski definition) is 4. The molecule has 0 spiro atoms. The van der Waals surface area contributed by atoms with Gasteiger partial charge in [-0.3, -0.25) is 14.6 Å². The summed E-state index contributed by atoms with van der Waals surface area (Å²) in [5.74, 6) is 0.457. The molecule has 6 heteroatoms. The van der Waals surface area contributed by atoms with E-state index in [-0.39, 0.29) is 23.6 Å². The minimum atomic E-state index is -0.285. The molecule has 0 saturated heterocycles. The summed E-state index contributed by atoms with van der Waals surface area (Å²) in [7, 11) is 1.54. The standard InChI is InChI=1S/C24H23N3O3/c1-15-11-20-12-18(8-10-22(20)30-15)17-5-3-16(4-6-17)13-27-23(28)19-7-9-21(26-14-19)24(29)25-2/h3-10,12,14-15H,11,13H2,1-2H3,(H,25,29)(H,27,28). The number of amides is 2. The normalized spacial score (nSPS) is 14.5. The SMILES string of the molecule is CNC(=O)c1ccc(C(=O)NCc2ccc(-c3ccc4c(c3)CC(C)O4)cc2)cn1. The first-order valence-corrected chi connectivity index (χ1v) is 9.88. The highest BCUT2D eigenvalue weighted by atomic mass is 16.5. The molecule has 2 heterocycles. The quantitative estimate of drug-likeness (QED) is 0.687. The van der Waals surface area contributed by atoms with Crippen LogP contribution in [0.25, 0.3) is 11.1 Å². The van der Waals surface area contributed by atoms with Gasteiger partial charge in [-0.1, -0.05) is 30.3 Å². The lowest BCUT2D eigenvalue weighted by Crippen LogP contribution is -2.24. The number of rotatable bonds is 5. The lowest BCUT2D eigenvalue weighted by atomic mass is 10.00. The largest absolute Gasteiger partial charge is 0.490 e. The summed E-state index contributed by atoms with van der Waals surface area (Å²) in [5, 5.41) is 5.38. The number of pyridine rings is 1. The highest BCUT2D eigenvalue weighted by molar-refractivity contribution is 5.96. The van der Waals surface area contributed by atoms with Crippen LogP contribution in [0.15, 0.2) is 60.8 Å². The summed E-state index contributed by atoms with van der Waals surface area (Å²) in [6.07, 6.45) is 2.57. The third-order valence-corrected chi connectivity index (χ3v) is 5.12. The number of nitrogens with zero attached hydrogens (tertiary/aromatic N) is 1. The van der Waals surface area contributed by atoms with E-state index in [2.05, 4.69) is 46.8 Å². The maximum atomic E-state index is 12.3. The molecule has 4 rings (SSSR count). The Morgan fingerprint density at radius 1 is 1.03 bits per heavy atom. The van der Waals surface area contributed by atoms with Gasteiger partial charge in [0.25, 0.3) is 11.8 Å². The number of nitrogens with one attached hydrogen (secondary N) is 2. The van der Waals surface area contributed by atoms with Crippen molar-refractivity contribution in [1.29, 1.82) is 0 Å². The average Bonchev–Trinajstić information content (AvgIpc) is 3.16. The molecule has 3 aromatic rings. The third-order valence-electron chi connectivity index (χ3n) is 5.12. The van der Waals surface area contributed by atoms with Gasteiger partial charge in [0.05, 0.1) is 5.56 Å². The van der Waals surface area contributed by atoms with Crippen LogP contribution < -0.4 is 15.4 Å². The van der Waals surface area contributed by atoms with Gasteiger partial charge in [-0.05, 0) is 53.4 Å². The summed E-state index contributed by atoms with van der Waals surface area (Å²) in [4.78, 5) is 27.9. The minimum Gasteiger partial charge on any atom is -0.490 e. The molecule has 1 aliphatic heterocycles. The zero-order chi connectivity index (χ0) is 21.1. The minimum absolute atomic E-state index is 0.233. The number of benzene rings is 2. The van der Waals surface area contributed by atoms with Crippen molar-refractivity contribution in [2.75, 3.05) is 7.05 Å². The van der Waals surface area contributed by atoms with Gasteiger partial charge in [0, 0.05) is 26.2 Å². The Bertz CT molecular complexity index is 1080. The Balaban J connectivity index is 1.38. The van der Waals surface area contributed by atoms with Crippen LogP contribution in [-0.2, 0) is 13.0 Å². The van der Waals surface area contributed by atoms with Crippen molar-refractivity contribution in [2.45, 2.75) is 26.0 Å². The fourth-order valence-electron chi connectivity index (χ4n) is 3.49. The molecule has 0 fully saturated rings. The first-order valence-electron chi connectivity index (χ1n) is 9.88. The molecule has 0 radical (unpaired) electrons. The van der Waals surface area contributed by atoms with Crippen LogP contribution in [-0.4, -0.2) is 29.9 Å². The van der Waals surface area contributed by atoms with Crippen LogP contribution in [0.2, 0.25) is 0 Å². The van der Waals surface area contributed by atoms with Crippen molar-refractivity contribution in [3.63, 3.8) is 0 Å². The molecule has 2 N–H and O–H groups in total. The molecule has 0 aliphatic carbocycles. The number of fused-ring (bicyclic) bond motifs is 1. The van der Waals surface area contributed by atoms with Crippen molar-refractivity contribution in [3.8, 4) is 16.9 Å². The van der Waals surface area contributed by atoms with Crippen LogP contribution in [0.5, 0.6) is 5.75 Å². The van der Waals surface area contributed by atoms with Gasteiger partial charge < -0.3 is 15.4 Å². The van der Waals surface area contributed by atoms with Gasteiger partial charge >= 0.3 is 0 Å². The molecule has 2 amide bonds. The molecule has 0 bridgehead atoms. The number of carbonyl (C=O) groups excluding carboxylic acids is 2. The molecule has 2 aromatic carbocycles. The highest BCUT2D eigenvalue weighted by Gasteiger charge is 2.19. The number of hydrogen-bond donors (Lipinski definition) is 2. The highest BCUT2D eigenvalue weighted by Crippen LogP contribution is 2.32. The van der Waals surface area contributed by atoms with Gasteiger partial charge in [0.15, 0.2) is 0 Å². The zero-order valence-corrected chi connectivity index (χ0v) is 16.9. The first kappa shape index (κ1) is 19.6. The summed E-state index contributed by atoms with van der Waals surface area (Å²) in [5.41, 5.74) is 5.21. The van der Waals surface area contributed by atoms with Crippen LogP contribution in [0.4, 0.5) is 0 Å². The smallest absolute Gasteiger partial charge is 0.269 e. The van der Waals surface area contributed by atoms with Crippen molar-refractivity contribution >= 4 is 11.8 Å². The molecule has 0 saturated carbocycles. The van der Waals surface area contributed by atoms with Crippen molar-refractivity contribution in [1.82, 2.24) is 15.6 Å². The van der Waals surface area contributed by atoms with E-state index >= 15 is 0 Å². The Morgan fingerprint density at radius 3 is 2.50 bits per heavy atom. The predicted octanol–water partition coefficient (Wildman–Crippen LogP) is 3.36. The van der Waals surface area contributed by atoms with E-state index in [9.17, 15) is 9.59 Å². The Kier molecular flexibility index (Phi) is 5.48. The Hall–Kier alpha value is -3.67. The van der Waals surface area contributed by atoms with Gasteiger partial charge in [-0.25, -0.2) is 0 Å². The van der Waals surface area contributed by atoms with Gasteiger partial charge in [-0.2, -0.15) is 0 Å². The second-order valence-corrected chi connectivity index (χ2v) is 7.35. The lowest BCUT2D eigenvalue weighted by molar-refractivity contribution is 0.0940. The van der Waals surface area contributed by atoms with E-state index in [1.807, 2.05) is 18.2 Å². The van der Waals surface area contributed by atoms with Gasteiger partial charge in [0.1, 0.15) is 17.5 Å². The van der Waals surface area contributed by atoms with E-state index in [1.54, 1.807) is 6.07 Å². The van der Waals surface area contributed by atoms with Crippen molar-refractivity contribution in [2.24, 2.45) is 0 Å². The monoisotopic (exact) mass is 401 g/mol. The average molecular weight is 401 g/mol. The summed E-state index contributed by atoms with van der Waals surface area (Å²) >= 11 is 0. The predicted molar refractivity (Wildman–Crippen MR) is 114 cm³/mol. The second-order valence-electron chi connectivity index (χ2n) is 7.35. The number of ether oxygens (including phenoxy) is 1. The molecule has 6 nitrogen and oxygen atoms in total. The third kappa shape index (κ3) is 4.17. The molecule has 1 aliphatic rings. The fourth-order valence-corrected chi connectivity index (χ4v) is 3.49. The van der Waals surface area contributed by atoms with Crippen molar-refractivity contribution in [3.05, 3.63) is 83.2 Å². The van der Waals surface area contributed by atoms with E-state index in [0.29, 0.717) is 12.1 Å². The zero-order valence-electron chi connectivity index (χ0n) is 16.9. The molecular formula is C24H23N3O3. The van der Waals surface area contributed by atoms with E-state index < -0.39 is 0 Å². The van der Waals surface area contributed by atoms with Gasteiger partial charge in [0.2, 0.25) is 0 Å². The molecular weight excluding hydrogens is 378 g/mol.